The monoisotopic (exact) mass is 267 g/mol. The van der Waals surface area contributed by atoms with E-state index in [2.05, 4.69) is 10.5 Å². The molecule has 1 aliphatic rings. The van der Waals surface area contributed by atoms with Crippen LogP contribution in [0.4, 0.5) is 13.2 Å². The number of nitrogens with one attached hydrogen (secondary N) is 1. The summed E-state index contributed by atoms with van der Waals surface area (Å²) in [6.07, 6.45) is -0.297. The molecule has 0 aliphatic heterocycles. The Labute approximate surface area is 104 Å². The van der Waals surface area contributed by atoms with Crippen LogP contribution in [0.5, 0.6) is 0 Å². The van der Waals surface area contributed by atoms with E-state index in [-0.39, 0.29) is 12.0 Å². The van der Waals surface area contributed by atoms with Crippen molar-refractivity contribution < 1.29 is 18.4 Å². The van der Waals surface area contributed by atoms with E-state index in [0.717, 1.165) is 25.7 Å². The van der Waals surface area contributed by atoms with E-state index in [0.29, 0.717) is 6.54 Å². The lowest BCUT2D eigenvalue weighted by Gasteiger charge is -2.41. The standard InChI is InChI=1S/C11H20F3N3O/c1-2-10(4-3-5-10)7-16-6-8(9(15)17-18)11(12,13)14/h8,16,18H,2-7H2,1H3,(H2,15,17). The van der Waals surface area contributed by atoms with Gasteiger partial charge in [0, 0.05) is 13.1 Å². The Morgan fingerprint density at radius 1 is 1.50 bits per heavy atom. The summed E-state index contributed by atoms with van der Waals surface area (Å²) < 4.78 is 37.9. The van der Waals surface area contributed by atoms with Crippen molar-refractivity contribution in [2.75, 3.05) is 13.1 Å². The van der Waals surface area contributed by atoms with Crippen molar-refractivity contribution >= 4 is 5.84 Å². The summed E-state index contributed by atoms with van der Waals surface area (Å²) in [6, 6.07) is 0. The molecule has 0 saturated heterocycles. The molecule has 0 aromatic heterocycles. The van der Waals surface area contributed by atoms with Crippen LogP contribution in [0.2, 0.25) is 0 Å². The predicted molar refractivity (Wildman–Crippen MR) is 62.4 cm³/mol. The minimum absolute atomic E-state index is 0.140. The first-order valence-electron chi connectivity index (χ1n) is 6.09. The van der Waals surface area contributed by atoms with Gasteiger partial charge in [0.25, 0.3) is 0 Å². The molecule has 18 heavy (non-hydrogen) atoms. The highest BCUT2D eigenvalue weighted by Crippen LogP contribution is 2.43. The third-order valence-electron chi connectivity index (χ3n) is 3.88. The number of hydrogen-bond acceptors (Lipinski definition) is 3. The average molecular weight is 267 g/mol. The second-order valence-electron chi connectivity index (χ2n) is 4.96. The van der Waals surface area contributed by atoms with Gasteiger partial charge in [-0.25, -0.2) is 0 Å². The summed E-state index contributed by atoms with van der Waals surface area (Å²) in [5.74, 6) is -2.73. The molecular formula is C11H20F3N3O. The molecule has 0 aromatic rings. The van der Waals surface area contributed by atoms with Gasteiger partial charge in [-0.1, -0.05) is 18.5 Å². The lowest BCUT2D eigenvalue weighted by molar-refractivity contribution is -0.155. The second kappa shape index (κ2) is 5.77. The summed E-state index contributed by atoms with van der Waals surface area (Å²) in [4.78, 5) is 0. The van der Waals surface area contributed by atoms with E-state index in [1.807, 2.05) is 6.92 Å². The SMILES string of the molecule is CCC1(CNCC(C(N)=NO)C(F)(F)F)CCC1. The van der Waals surface area contributed by atoms with E-state index in [9.17, 15) is 13.2 Å². The number of amidine groups is 1. The quantitative estimate of drug-likeness (QED) is 0.299. The Balaban J connectivity index is 2.48. The lowest BCUT2D eigenvalue weighted by Crippen LogP contribution is -2.46. The molecule has 4 N–H and O–H groups in total. The van der Waals surface area contributed by atoms with Crippen LogP contribution < -0.4 is 11.1 Å². The molecule has 0 spiro atoms. The van der Waals surface area contributed by atoms with Crippen LogP contribution in [0.25, 0.3) is 0 Å². The smallest absolute Gasteiger partial charge is 0.400 e. The molecule has 1 rings (SSSR count). The molecule has 0 heterocycles. The number of nitrogens with zero attached hydrogens (tertiary/aromatic N) is 1. The van der Waals surface area contributed by atoms with Gasteiger partial charge in [-0.15, -0.1) is 0 Å². The van der Waals surface area contributed by atoms with Crippen LogP contribution >= 0.6 is 0 Å². The normalized spacial score (nSPS) is 21.4. The Kier molecular flexibility index (Phi) is 4.84. The van der Waals surface area contributed by atoms with Gasteiger partial charge in [-0.2, -0.15) is 13.2 Å². The fourth-order valence-corrected chi connectivity index (χ4v) is 2.27. The summed E-state index contributed by atoms with van der Waals surface area (Å²) in [7, 11) is 0. The van der Waals surface area contributed by atoms with Gasteiger partial charge in [0.05, 0.1) is 0 Å². The first-order valence-corrected chi connectivity index (χ1v) is 6.09. The van der Waals surface area contributed by atoms with E-state index < -0.39 is 17.9 Å². The molecule has 1 unspecified atom stereocenters. The molecule has 4 nitrogen and oxygen atoms in total. The molecular weight excluding hydrogens is 247 g/mol. The fraction of sp³-hybridized carbons (Fsp3) is 0.909. The highest BCUT2D eigenvalue weighted by molar-refractivity contribution is 5.83. The first kappa shape index (κ1) is 15.1. The van der Waals surface area contributed by atoms with Crippen LogP contribution in [-0.4, -0.2) is 30.3 Å². The Morgan fingerprint density at radius 3 is 2.44 bits per heavy atom. The van der Waals surface area contributed by atoms with Gasteiger partial charge in [0.2, 0.25) is 0 Å². The molecule has 7 heteroatoms. The minimum Gasteiger partial charge on any atom is -0.409 e. The molecule has 106 valence electrons. The van der Waals surface area contributed by atoms with Crippen LogP contribution in [-0.2, 0) is 0 Å². The van der Waals surface area contributed by atoms with Crippen LogP contribution in [0.1, 0.15) is 32.6 Å². The third kappa shape index (κ3) is 3.51. The Hall–Kier alpha value is -0.980. The van der Waals surface area contributed by atoms with Gasteiger partial charge in [-0.3, -0.25) is 0 Å². The Morgan fingerprint density at radius 2 is 2.11 bits per heavy atom. The molecule has 1 atom stereocenters. The highest BCUT2D eigenvalue weighted by atomic mass is 19.4. The van der Waals surface area contributed by atoms with Crippen LogP contribution in [0.3, 0.4) is 0 Å². The summed E-state index contributed by atoms with van der Waals surface area (Å²) >= 11 is 0. The van der Waals surface area contributed by atoms with Crippen molar-refractivity contribution in [2.24, 2.45) is 22.2 Å². The van der Waals surface area contributed by atoms with Crippen molar-refractivity contribution in [1.29, 1.82) is 0 Å². The largest absolute Gasteiger partial charge is 0.409 e. The third-order valence-corrected chi connectivity index (χ3v) is 3.88. The average Bonchev–Trinajstić information content (AvgIpc) is 2.24. The highest BCUT2D eigenvalue weighted by Gasteiger charge is 2.43. The summed E-state index contributed by atoms with van der Waals surface area (Å²) in [6.45, 7) is 2.25. The number of oxime groups is 1. The van der Waals surface area contributed by atoms with Crippen molar-refractivity contribution in [2.45, 2.75) is 38.8 Å². The number of halogens is 3. The topological polar surface area (TPSA) is 70.6 Å². The minimum atomic E-state index is -4.50. The molecule has 0 bridgehead atoms. The van der Waals surface area contributed by atoms with Crippen molar-refractivity contribution in [3.63, 3.8) is 0 Å². The van der Waals surface area contributed by atoms with E-state index >= 15 is 0 Å². The Bertz CT molecular complexity index is 295. The van der Waals surface area contributed by atoms with Crippen molar-refractivity contribution in [1.82, 2.24) is 5.32 Å². The maximum absolute atomic E-state index is 12.6. The van der Waals surface area contributed by atoms with E-state index in [1.54, 1.807) is 0 Å². The van der Waals surface area contributed by atoms with Gasteiger partial charge in [0.1, 0.15) is 5.92 Å². The van der Waals surface area contributed by atoms with E-state index in [1.165, 1.54) is 0 Å². The zero-order valence-electron chi connectivity index (χ0n) is 10.4. The van der Waals surface area contributed by atoms with Gasteiger partial charge in [-0.05, 0) is 24.7 Å². The zero-order valence-corrected chi connectivity index (χ0v) is 10.4. The molecule has 1 fully saturated rings. The molecule has 1 aliphatic carbocycles. The van der Waals surface area contributed by atoms with Gasteiger partial charge >= 0.3 is 6.18 Å². The second-order valence-corrected chi connectivity index (χ2v) is 4.96. The van der Waals surface area contributed by atoms with Crippen LogP contribution in [0, 0.1) is 11.3 Å². The number of nitrogens with two attached hydrogens (primary N) is 1. The van der Waals surface area contributed by atoms with E-state index in [4.69, 9.17) is 10.9 Å². The number of rotatable bonds is 6. The lowest BCUT2D eigenvalue weighted by atomic mass is 9.67. The maximum atomic E-state index is 12.6. The van der Waals surface area contributed by atoms with Crippen LogP contribution in [0.15, 0.2) is 5.16 Å². The molecule has 0 radical (unpaired) electrons. The van der Waals surface area contributed by atoms with Gasteiger partial charge in [0.15, 0.2) is 5.84 Å². The summed E-state index contributed by atoms with van der Waals surface area (Å²) in [5, 5.41) is 13.6. The predicted octanol–water partition coefficient (Wildman–Crippen LogP) is 2.08. The maximum Gasteiger partial charge on any atom is 0.400 e. The zero-order chi connectivity index (χ0) is 13.8. The van der Waals surface area contributed by atoms with Crippen molar-refractivity contribution in [3.8, 4) is 0 Å². The molecule has 0 aromatic carbocycles. The molecule has 1 saturated carbocycles. The fourth-order valence-electron chi connectivity index (χ4n) is 2.27. The van der Waals surface area contributed by atoms with Gasteiger partial charge < -0.3 is 16.3 Å². The number of alkyl halides is 3. The first-order chi connectivity index (χ1) is 8.34. The van der Waals surface area contributed by atoms with Crippen molar-refractivity contribution in [3.05, 3.63) is 0 Å². The molecule has 0 amide bonds. The summed E-state index contributed by atoms with van der Waals surface area (Å²) in [5.41, 5.74) is 5.21. The number of hydrogen-bond donors (Lipinski definition) is 3.